The van der Waals surface area contributed by atoms with Crippen LogP contribution >= 0.6 is 11.6 Å². The highest BCUT2D eigenvalue weighted by Gasteiger charge is 2.33. The van der Waals surface area contributed by atoms with Crippen molar-refractivity contribution in [3.8, 4) is 0 Å². The molecule has 4 nitrogen and oxygen atoms in total. The minimum atomic E-state index is -0.463. The fourth-order valence-corrected chi connectivity index (χ4v) is 4.23. The maximum atomic E-state index is 14.0. The minimum absolute atomic E-state index is 0.0991. The molecule has 0 aliphatic carbocycles. The number of hydrogen-bond acceptors (Lipinski definition) is 3. The Hall–Kier alpha value is -2.99. The Balaban J connectivity index is 1.73. The minimum Gasteiger partial charge on any atom is -0.356 e. The first-order valence-corrected chi connectivity index (χ1v) is 9.70. The van der Waals surface area contributed by atoms with Crippen LogP contribution in [0.2, 0.25) is 5.02 Å². The lowest BCUT2D eigenvalue weighted by molar-refractivity contribution is 0.612. The van der Waals surface area contributed by atoms with Gasteiger partial charge in [-0.15, -0.1) is 0 Å². The SMILES string of the molecule is Cc1ccnc(N2CCc3c([nH]c4cc(F)c(Cl)cc34)C2c2ccc(F)cc2)n1. The van der Waals surface area contributed by atoms with E-state index in [1.807, 2.05) is 13.0 Å². The molecule has 1 atom stereocenters. The Morgan fingerprint density at radius 3 is 2.69 bits per heavy atom. The van der Waals surface area contributed by atoms with Crippen LogP contribution in [0.15, 0.2) is 48.7 Å². The topological polar surface area (TPSA) is 44.8 Å². The molecule has 2 aromatic heterocycles. The first-order valence-electron chi connectivity index (χ1n) is 9.32. The molecule has 0 saturated carbocycles. The van der Waals surface area contributed by atoms with Crippen molar-refractivity contribution in [2.45, 2.75) is 19.4 Å². The summed E-state index contributed by atoms with van der Waals surface area (Å²) >= 11 is 6.04. The van der Waals surface area contributed by atoms with E-state index >= 15 is 0 Å². The van der Waals surface area contributed by atoms with Gasteiger partial charge >= 0.3 is 0 Å². The number of halogens is 3. The Bertz CT molecular complexity index is 1220. The van der Waals surface area contributed by atoms with Crippen LogP contribution in [-0.4, -0.2) is 21.5 Å². The number of aromatic amines is 1. The normalized spacial score (nSPS) is 16.3. The van der Waals surface area contributed by atoms with Crippen LogP contribution in [0.4, 0.5) is 14.7 Å². The number of aromatic nitrogens is 3. The van der Waals surface area contributed by atoms with Gasteiger partial charge in [-0.25, -0.2) is 18.7 Å². The Morgan fingerprint density at radius 2 is 1.93 bits per heavy atom. The van der Waals surface area contributed by atoms with Gasteiger partial charge in [-0.2, -0.15) is 0 Å². The summed E-state index contributed by atoms with van der Waals surface area (Å²) in [6, 6.07) is 11.1. The number of fused-ring (bicyclic) bond motifs is 3. The molecule has 5 rings (SSSR count). The predicted molar refractivity (Wildman–Crippen MR) is 109 cm³/mol. The molecule has 4 aromatic rings. The molecule has 3 heterocycles. The smallest absolute Gasteiger partial charge is 0.226 e. The second-order valence-corrected chi connectivity index (χ2v) is 7.63. The molecule has 29 heavy (non-hydrogen) atoms. The molecule has 0 amide bonds. The fourth-order valence-electron chi connectivity index (χ4n) is 4.07. The quantitative estimate of drug-likeness (QED) is 0.484. The second kappa shape index (κ2) is 6.81. The van der Waals surface area contributed by atoms with Gasteiger partial charge in [0.2, 0.25) is 5.95 Å². The van der Waals surface area contributed by atoms with Crippen molar-refractivity contribution in [3.63, 3.8) is 0 Å². The van der Waals surface area contributed by atoms with Gasteiger partial charge < -0.3 is 9.88 Å². The lowest BCUT2D eigenvalue weighted by Crippen LogP contribution is -2.37. The van der Waals surface area contributed by atoms with E-state index in [0.717, 1.165) is 34.3 Å². The third kappa shape index (κ3) is 3.04. The van der Waals surface area contributed by atoms with Crippen LogP contribution in [0.3, 0.4) is 0 Å². The number of aryl methyl sites for hydroxylation is 1. The number of benzene rings is 2. The standard InChI is InChI=1S/C22H17ClF2N4/c1-12-6-8-26-22(27-12)29-9-7-15-16-10-17(23)18(25)11-19(16)28-20(15)21(29)13-2-4-14(24)5-3-13/h2-6,8,10-11,21,28H,7,9H2,1H3. The number of nitrogens with zero attached hydrogens (tertiary/aromatic N) is 3. The van der Waals surface area contributed by atoms with E-state index in [-0.39, 0.29) is 16.9 Å². The molecular formula is C22H17ClF2N4. The van der Waals surface area contributed by atoms with Crippen LogP contribution in [0, 0.1) is 18.6 Å². The summed E-state index contributed by atoms with van der Waals surface area (Å²) in [5.74, 6) is -0.156. The van der Waals surface area contributed by atoms with E-state index in [2.05, 4.69) is 19.9 Å². The van der Waals surface area contributed by atoms with Gasteiger partial charge in [0, 0.05) is 35.0 Å². The van der Waals surface area contributed by atoms with Gasteiger partial charge in [-0.3, -0.25) is 0 Å². The average molecular weight is 411 g/mol. The number of H-pyrrole nitrogens is 1. The number of nitrogens with one attached hydrogen (secondary N) is 1. The molecule has 0 bridgehead atoms. The third-order valence-electron chi connectivity index (χ3n) is 5.39. The Kier molecular flexibility index (Phi) is 4.24. The second-order valence-electron chi connectivity index (χ2n) is 7.22. The molecule has 0 saturated heterocycles. The first kappa shape index (κ1) is 18.1. The molecule has 0 fully saturated rings. The van der Waals surface area contributed by atoms with Crippen LogP contribution in [0.25, 0.3) is 10.9 Å². The van der Waals surface area contributed by atoms with E-state index in [1.165, 1.54) is 18.2 Å². The molecule has 0 spiro atoms. The molecule has 0 radical (unpaired) electrons. The van der Waals surface area contributed by atoms with Gasteiger partial charge in [0.25, 0.3) is 0 Å². The number of hydrogen-bond donors (Lipinski definition) is 1. The van der Waals surface area contributed by atoms with Crippen molar-refractivity contribution >= 4 is 28.5 Å². The third-order valence-corrected chi connectivity index (χ3v) is 5.68. The van der Waals surface area contributed by atoms with Gasteiger partial charge in [0.15, 0.2) is 0 Å². The van der Waals surface area contributed by atoms with Gasteiger partial charge in [0.1, 0.15) is 11.6 Å². The zero-order valence-electron chi connectivity index (χ0n) is 15.6. The molecule has 2 aromatic carbocycles. The van der Waals surface area contributed by atoms with Crippen LogP contribution in [0.1, 0.15) is 28.6 Å². The predicted octanol–water partition coefficient (Wildman–Crippen LogP) is 5.35. The summed E-state index contributed by atoms with van der Waals surface area (Å²) in [4.78, 5) is 14.5. The number of rotatable bonds is 2. The highest BCUT2D eigenvalue weighted by Crippen LogP contribution is 2.40. The summed E-state index contributed by atoms with van der Waals surface area (Å²) in [6.45, 7) is 2.58. The summed E-state index contributed by atoms with van der Waals surface area (Å²) < 4.78 is 27.6. The summed E-state index contributed by atoms with van der Waals surface area (Å²) in [5.41, 5.74) is 4.46. The average Bonchev–Trinajstić information content (AvgIpc) is 3.06. The monoisotopic (exact) mass is 410 g/mol. The molecule has 1 N–H and O–H groups in total. The van der Waals surface area contributed by atoms with E-state index in [1.54, 1.807) is 24.4 Å². The van der Waals surface area contributed by atoms with E-state index in [0.29, 0.717) is 18.0 Å². The first-order chi connectivity index (χ1) is 14.0. The Morgan fingerprint density at radius 1 is 1.14 bits per heavy atom. The lowest BCUT2D eigenvalue weighted by Gasteiger charge is -2.36. The van der Waals surface area contributed by atoms with Crippen LogP contribution < -0.4 is 4.90 Å². The van der Waals surface area contributed by atoms with E-state index in [9.17, 15) is 8.78 Å². The molecular weight excluding hydrogens is 394 g/mol. The number of anilines is 1. The van der Waals surface area contributed by atoms with Gasteiger partial charge in [-0.1, -0.05) is 23.7 Å². The van der Waals surface area contributed by atoms with Gasteiger partial charge in [0.05, 0.1) is 11.1 Å². The van der Waals surface area contributed by atoms with E-state index in [4.69, 9.17) is 11.6 Å². The molecule has 146 valence electrons. The largest absolute Gasteiger partial charge is 0.356 e. The van der Waals surface area contributed by atoms with Gasteiger partial charge in [-0.05, 0) is 54.8 Å². The van der Waals surface area contributed by atoms with Crippen molar-refractivity contribution in [2.24, 2.45) is 0 Å². The molecule has 7 heteroatoms. The Labute approximate surface area is 171 Å². The summed E-state index contributed by atoms with van der Waals surface area (Å²) in [5, 5.41) is 1.01. The van der Waals surface area contributed by atoms with E-state index < -0.39 is 5.82 Å². The van der Waals surface area contributed by atoms with Crippen molar-refractivity contribution in [2.75, 3.05) is 11.4 Å². The molecule has 1 aliphatic rings. The van der Waals surface area contributed by atoms with Crippen molar-refractivity contribution in [3.05, 3.63) is 87.8 Å². The maximum absolute atomic E-state index is 14.0. The zero-order valence-corrected chi connectivity index (χ0v) is 16.3. The molecule has 1 unspecified atom stereocenters. The fraction of sp³-hybridized carbons (Fsp3) is 0.182. The highest BCUT2D eigenvalue weighted by atomic mass is 35.5. The summed E-state index contributed by atoms with van der Waals surface area (Å²) in [7, 11) is 0. The summed E-state index contributed by atoms with van der Waals surface area (Å²) in [6.07, 6.45) is 2.46. The maximum Gasteiger partial charge on any atom is 0.226 e. The van der Waals surface area contributed by atoms with Crippen molar-refractivity contribution < 1.29 is 8.78 Å². The van der Waals surface area contributed by atoms with Crippen LogP contribution in [-0.2, 0) is 6.42 Å². The van der Waals surface area contributed by atoms with Crippen LogP contribution in [0.5, 0.6) is 0 Å². The lowest BCUT2D eigenvalue weighted by atomic mass is 9.92. The highest BCUT2D eigenvalue weighted by molar-refractivity contribution is 6.31. The van der Waals surface area contributed by atoms with Crippen molar-refractivity contribution in [1.29, 1.82) is 0 Å². The zero-order chi connectivity index (χ0) is 20.1. The van der Waals surface area contributed by atoms with Crippen molar-refractivity contribution in [1.82, 2.24) is 15.0 Å². The molecule has 1 aliphatic heterocycles.